The number of aryl methyl sites for hydroxylation is 2. The van der Waals surface area contributed by atoms with E-state index in [1.165, 1.54) is 0 Å². The molecule has 0 spiro atoms. The van der Waals surface area contributed by atoms with Gasteiger partial charge in [-0.2, -0.15) is 4.98 Å². The summed E-state index contributed by atoms with van der Waals surface area (Å²) in [7, 11) is 0. The van der Waals surface area contributed by atoms with Gasteiger partial charge in [0.2, 0.25) is 5.95 Å². The predicted molar refractivity (Wildman–Crippen MR) is 142 cm³/mol. The van der Waals surface area contributed by atoms with E-state index in [1.807, 2.05) is 20.1 Å². The number of hydrogen-bond acceptors (Lipinski definition) is 8. The zero-order valence-corrected chi connectivity index (χ0v) is 21.4. The minimum atomic E-state index is 0.216. The molecule has 0 amide bonds. The molecule has 2 heterocycles. The Morgan fingerprint density at radius 1 is 1.34 bits per heavy atom. The topological polar surface area (TPSA) is 105 Å². The maximum absolute atomic E-state index is 9.59. The Kier molecular flexibility index (Phi) is 9.90. The number of aliphatic hydroxyl groups excluding tert-OH is 1. The number of nitrogens with zero attached hydrogens (tertiary/aromatic N) is 3. The van der Waals surface area contributed by atoms with Gasteiger partial charge in [0.05, 0.1) is 30.3 Å². The highest BCUT2D eigenvalue weighted by Gasteiger charge is 2.27. The zero-order chi connectivity index (χ0) is 25.2. The van der Waals surface area contributed by atoms with Crippen molar-refractivity contribution in [1.82, 2.24) is 9.97 Å². The molecule has 3 rings (SSSR count). The molecule has 35 heavy (non-hydrogen) atoms. The second-order valence-corrected chi connectivity index (χ2v) is 8.93. The number of aliphatic imine (C=N–C) groups is 1. The molecule has 2 aromatic heterocycles. The molecule has 2 atom stereocenters. The number of anilines is 2. The van der Waals surface area contributed by atoms with E-state index >= 15 is 0 Å². The van der Waals surface area contributed by atoms with Crippen LogP contribution in [0.4, 0.5) is 11.8 Å². The lowest BCUT2D eigenvalue weighted by molar-refractivity contribution is 0.229. The Morgan fingerprint density at radius 3 is 2.86 bits per heavy atom. The van der Waals surface area contributed by atoms with E-state index in [1.54, 1.807) is 12.3 Å². The molecule has 0 aromatic carbocycles. The summed E-state index contributed by atoms with van der Waals surface area (Å²) in [6.07, 6.45) is 9.94. The van der Waals surface area contributed by atoms with Crippen LogP contribution in [0.25, 0.3) is 11.3 Å². The van der Waals surface area contributed by atoms with Crippen molar-refractivity contribution in [3.05, 3.63) is 47.8 Å². The molecule has 0 aliphatic heterocycles. The number of aromatic nitrogens is 2. The number of nitrogens with one attached hydrogen (secondary N) is 2. The molecule has 8 heteroatoms. The van der Waals surface area contributed by atoms with Crippen LogP contribution in [0.3, 0.4) is 0 Å². The van der Waals surface area contributed by atoms with Gasteiger partial charge in [-0.15, -0.1) is 0 Å². The summed E-state index contributed by atoms with van der Waals surface area (Å²) in [5.74, 6) is 3.60. The molecule has 190 valence electrons. The predicted octanol–water partition coefficient (Wildman–Crippen LogP) is 5.49. The summed E-state index contributed by atoms with van der Waals surface area (Å²) in [6.45, 7) is 13.3. The largest absolute Gasteiger partial charge is 0.468 e. The summed E-state index contributed by atoms with van der Waals surface area (Å²) in [4.78, 5) is 14.0. The monoisotopic (exact) mass is 481 g/mol. The van der Waals surface area contributed by atoms with Crippen LogP contribution >= 0.6 is 0 Å². The van der Waals surface area contributed by atoms with E-state index in [2.05, 4.69) is 42.1 Å². The third-order valence-corrected chi connectivity index (χ3v) is 6.07. The quantitative estimate of drug-likeness (QED) is 0.257. The van der Waals surface area contributed by atoms with Crippen LogP contribution in [0.15, 0.2) is 40.2 Å². The Bertz CT molecular complexity index is 1040. The number of allylic oxidation sites excluding steroid dienone is 1. The number of furan rings is 1. The standard InChI is InChI=1S/C27H39N5O3/c1-6-11-28-16-24-21(8-3)14-23(35-24)25-19(5)30-27(29-15-18(4)34-12-7-2)32-26(25)31-22-10-9-20(13-22)17-33/h7,12,14,16,20,22,33H,4,6,8-11,13,15,17H2,1-3,5H3,(H2,29,30,31,32)/b12-7-,28-16?/t20?,22-/m0/s1. The third kappa shape index (κ3) is 7.18. The van der Waals surface area contributed by atoms with Gasteiger partial charge in [-0.3, -0.25) is 4.99 Å². The van der Waals surface area contributed by atoms with E-state index in [-0.39, 0.29) is 12.6 Å². The molecular weight excluding hydrogens is 442 g/mol. The van der Waals surface area contributed by atoms with Gasteiger partial charge in [0.15, 0.2) is 0 Å². The molecule has 2 aromatic rings. The molecule has 0 saturated heterocycles. The van der Waals surface area contributed by atoms with Crippen LogP contribution < -0.4 is 10.6 Å². The number of aliphatic hydroxyl groups is 1. The highest BCUT2D eigenvalue weighted by molar-refractivity contribution is 5.82. The average Bonchev–Trinajstić information content (AvgIpc) is 3.48. The van der Waals surface area contributed by atoms with Crippen molar-refractivity contribution in [2.75, 3.05) is 30.3 Å². The molecule has 0 bridgehead atoms. The maximum Gasteiger partial charge on any atom is 0.225 e. The first-order valence-electron chi connectivity index (χ1n) is 12.6. The first kappa shape index (κ1) is 26.5. The molecular formula is C27H39N5O3. The lowest BCUT2D eigenvalue weighted by Crippen LogP contribution is -2.19. The summed E-state index contributed by atoms with van der Waals surface area (Å²) in [6, 6.07) is 2.29. The molecule has 8 nitrogen and oxygen atoms in total. The smallest absolute Gasteiger partial charge is 0.225 e. The van der Waals surface area contributed by atoms with E-state index < -0.39 is 0 Å². The van der Waals surface area contributed by atoms with Gasteiger partial charge in [0.1, 0.15) is 23.1 Å². The van der Waals surface area contributed by atoms with Gasteiger partial charge in [-0.25, -0.2) is 4.98 Å². The van der Waals surface area contributed by atoms with Gasteiger partial charge in [-0.1, -0.05) is 26.5 Å². The second-order valence-electron chi connectivity index (χ2n) is 8.93. The first-order valence-corrected chi connectivity index (χ1v) is 12.6. The molecule has 1 aliphatic rings. The van der Waals surface area contributed by atoms with Crippen LogP contribution in [-0.2, 0) is 11.2 Å². The van der Waals surface area contributed by atoms with Crippen molar-refractivity contribution in [3.63, 3.8) is 0 Å². The van der Waals surface area contributed by atoms with Gasteiger partial charge in [0.25, 0.3) is 0 Å². The third-order valence-electron chi connectivity index (χ3n) is 6.07. The van der Waals surface area contributed by atoms with Crippen LogP contribution in [0, 0.1) is 12.8 Å². The van der Waals surface area contributed by atoms with Gasteiger partial charge < -0.3 is 24.9 Å². The summed E-state index contributed by atoms with van der Waals surface area (Å²) < 4.78 is 11.7. The molecule has 1 saturated carbocycles. The molecule has 1 fully saturated rings. The van der Waals surface area contributed by atoms with Crippen molar-refractivity contribution in [1.29, 1.82) is 0 Å². The fourth-order valence-corrected chi connectivity index (χ4v) is 4.23. The number of hydrogen-bond donors (Lipinski definition) is 3. The Balaban J connectivity index is 1.94. The molecule has 0 radical (unpaired) electrons. The van der Waals surface area contributed by atoms with Crippen LogP contribution in [0.5, 0.6) is 0 Å². The van der Waals surface area contributed by atoms with Crippen molar-refractivity contribution < 1.29 is 14.3 Å². The summed E-state index contributed by atoms with van der Waals surface area (Å²) in [5.41, 5.74) is 2.75. The summed E-state index contributed by atoms with van der Waals surface area (Å²) >= 11 is 0. The normalized spacial score (nSPS) is 18.0. The molecule has 1 aliphatic carbocycles. The highest BCUT2D eigenvalue weighted by atomic mass is 16.5. The van der Waals surface area contributed by atoms with Crippen molar-refractivity contribution in [3.8, 4) is 11.3 Å². The maximum atomic E-state index is 9.59. The van der Waals surface area contributed by atoms with E-state index in [0.717, 1.165) is 72.8 Å². The fraction of sp³-hybridized carbons (Fsp3) is 0.519. The minimum absolute atomic E-state index is 0.216. The van der Waals surface area contributed by atoms with Crippen LogP contribution in [-0.4, -0.2) is 47.0 Å². The Hall–Kier alpha value is -3.13. The zero-order valence-electron chi connectivity index (χ0n) is 21.4. The highest BCUT2D eigenvalue weighted by Crippen LogP contribution is 2.36. The molecule has 1 unspecified atom stereocenters. The number of rotatable bonds is 13. The van der Waals surface area contributed by atoms with Gasteiger partial charge >= 0.3 is 0 Å². The van der Waals surface area contributed by atoms with Gasteiger partial charge in [-0.05, 0) is 63.5 Å². The lowest BCUT2D eigenvalue weighted by atomic mass is 10.1. The van der Waals surface area contributed by atoms with Gasteiger partial charge in [0, 0.05) is 19.2 Å². The SMILES string of the molecule is C=C(CNc1nc(C)c(-c2cc(CC)c(C=NCCC)o2)c(N[C@H]2CCC(CO)C2)n1)O/C=C\C. The fourth-order valence-electron chi connectivity index (χ4n) is 4.23. The second kappa shape index (κ2) is 13.1. The van der Waals surface area contributed by atoms with E-state index in [9.17, 15) is 5.11 Å². The van der Waals surface area contributed by atoms with Crippen molar-refractivity contribution in [2.45, 2.75) is 65.8 Å². The lowest BCUT2D eigenvalue weighted by Gasteiger charge is -2.18. The summed E-state index contributed by atoms with van der Waals surface area (Å²) in [5, 5.41) is 16.4. The number of ether oxygens (including phenoxy) is 1. The average molecular weight is 482 g/mol. The van der Waals surface area contributed by atoms with Crippen molar-refractivity contribution >= 4 is 18.0 Å². The van der Waals surface area contributed by atoms with Crippen LogP contribution in [0.1, 0.15) is 63.5 Å². The first-order chi connectivity index (χ1) is 17.0. The Morgan fingerprint density at radius 2 is 2.17 bits per heavy atom. The van der Waals surface area contributed by atoms with E-state index in [0.29, 0.717) is 24.2 Å². The Labute approximate surface area is 208 Å². The van der Waals surface area contributed by atoms with Crippen LogP contribution in [0.2, 0.25) is 0 Å². The van der Waals surface area contributed by atoms with E-state index in [4.69, 9.17) is 19.1 Å². The van der Waals surface area contributed by atoms with Crippen molar-refractivity contribution in [2.24, 2.45) is 10.9 Å². The molecule has 3 N–H and O–H groups in total. The minimum Gasteiger partial charge on any atom is -0.468 e.